The van der Waals surface area contributed by atoms with E-state index in [1.165, 1.54) is 0 Å². The average Bonchev–Trinajstić information content (AvgIpc) is 2.49. The number of imidazole rings is 1. The van der Waals surface area contributed by atoms with Crippen LogP contribution in [0.2, 0.25) is 0 Å². The van der Waals surface area contributed by atoms with Crippen LogP contribution in [0.3, 0.4) is 0 Å². The van der Waals surface area contributed by atoms with Crippen LogP contribution in [0.5, 0.6) is 0 Å². The SMILES string of the molecule is O=C(Cl)c1cc(Br)cn2ccnc12. The fraction of sp³-hybridized carbons (Fsp3) is 0. The van der Waals surface area contributed by atoms with Gasteiger partial charge in [-0.05, 0) is 33.6 Å². The number of hydrogen-bond donors (Lipinski definition) is 0. The van der Waals surface area contributed by atoms with Gasteiger partial charge in [0.1, 0.15) is 5.65 Å². The number of halogens is 2. The van der Waals surface area contributed by atoms with Crippen LogP contribution in [0.25, 0.3) is 5.65 Å². The minimum Gasteiger partial charge on any atom is -0.305 e. The summed E-state index contributed by atoms with van der Waals surface area (Å²) in [7, 11) is 0. The largest absolute Gasteiger partial charge is 0.305 e. The molecule has 5 heteroatoms. The Kier molecular flexibility index (Phi) is 2.09. The van der Waals surface area contributed by atoms with Crippen molar-refractivity contribution in [2.24, 2.45) is 0 Å². The highest BCUT2D eigenvalue weighted by Crippen LogP contribution is 2.18. The van der Waals surface area contributed by atoms with E-state index < -0.39 is 5.24 Å². The third-order valence-electron chi connectivity index (χ3n) is 1.67. The van der Waals surface area contributed by atoms with Gasteiger partial charge in [-0.25, -0.2) is 4.98 Å². The number of hydrogen-bond acceptors (Lipinski definition) is 2. The molecule has 13 heavy (non-hydrogen) atoms. The molecular formula is C8H4BrClN2O. The van der Waals surface area contributed by atoms with Crippen LogP contribution >= 0.6 is 27.5 Å². The number of pyridine rings is 1. The summed E-state index contributed by atoms with van der Waals surface area (Å²) in [6.07, 6.45) is 5.18. The maximum atomic E-state index is 11.0. The molecule has 2 rings (SSSR count). The molecule has 2 aromatic heterocycles. The Morgan fingerprint density at radius 3 is 3.08 bits per heavy atom. The van der Waals surface area contributed by atoms with Gasteiger partial charge in [-0.2, -0.15) is 0 Å². The molecule has 0 bridgehead atoms. The van der Waals surface area contributed by atoms with E-state index >= 15 is 0 Å². The lowest BCUT2D eigenvalue weighted by atomic mass is 10.3. The summed E-state index contributed by atoms with van der Waals surface area (Å²) < 4.78 is 2.53. The zero-order chi connectivity index (χ0) is 9.42. The van der Waals surface area contributed by atoms with E-state index in [0.717, 1.165) is 4.47 Å². The van der Waals surface area contributed by atoms with Crippen LogP contribution in [0.4, 0.5) is 0 Å². The normalized spacial score (nSPS) is 10.6. The molecule has 0 fully saturated rings. The van der Waals surface area contributed by atoms with Gasteiger partial charge in [-0.1, -0.05) is 0 Å². The van der Waals surface area contributed by atoms with Crippen LogP contribution in [-0.4, -0.2) is 14.6 Å². The third kappa shape index (κ3) is 1.47. The number of nitrogens with zero attached hydrogens (tertiary/aromatic N) is 2. The zero-order valence-corrected chi connectivity index (χ0v) is 8.71. The van der Waals surface area contributed by atoms with Crippen molar-refractivity contribution in [3.05, 3.63) is 34.7 Å². The first kappa shape index (κ1) is 8.72. The van der Waals surface area contributed by atoms with Gasteiger partial charge in [0.15, 0.2) is 0 Å². The maximum Gasteiger partial charge on any atom is 0.256 e. The van der Waals surface area contributed by atoms with Gasteiger partial charge in [0.05, 0.1) is 5.56 Å². The molecule has 0 radical (unpaired) electrons. The molecule has 0 amide bonds. The fourth-order valence-electron chi connectivity index (χ4n) is 1.14. The molecule has 0 aliphatic carbocycles. The first-order valence-electron chi connectivity index (χ1n) is 3.50. The summed E-state index contributed by atoms with van der Waals surface area (Å²) in [6.45, 7) is 0. The van der Waals surface area contributed by atoms with Crippen molar-refractivity contribution in [3.8, 4) is 0 Å². The Hall–Kier alpha value is -0.870. The molecular weight excluding hydrogens is 255 g/mol. The Bertz CT molecular complexity index is 480. The Morgan fingerprint density at radius 2 is 2.38 bits per heavy atom. The van der Waals surface area contributed by atoms with E-state index in [1.54, 1.807) is 22.9 Å². The Labute approximate surface area is 87.5 Å². The molecule has 0 unspecified atom stereocenters. The predicted octanol–water partition coefficient (Wildman–Crippen LogP) is 2.48. The second-order valence-corrected chi connectivity index (χ2v) is 3.76. The molecule has 0 aliphatic heterocycles. The second kappa shape index (κ2) is 3.12. The lowest BCUT2D eigenvalue weighted by molar-refractivity contribution is 0.108. The number of carbonyl (C=O) groups is 1. The van der Waals surface area contributed by atoms with E-state index in [0.29, 0.717) is 11.2 Å². The van der Waals surface area contributed by atoms with Crippen molar-refractivity contribution in [1.82, 2.24) is 9.38 Å². The topological polar surface area (TPSA) is 34.4 Å². The minimum atomic E-state index is -0.502. The zero-order valence-electron chi connectivity index (χ0n) is 6.37. The van der Waals surface area contributed by atoms with E-state index in [9.17, 15) is 4.79 Å². The first-order valence-corrected chi connectivity index (χ1v) is 4.67. The van der Waals surface area contributed by atoms with Crippen LogP contribution in [-0.2, 0) is 0 Å². The number of carbonyl (C=O) groups excluding carboxylic acids is 1. The number of fused-ring (bicyclic) bond motifs is 1. The summed E-state index contributed by atoms with van der Waals surface area (Å²) in [5.74, 6) is 0. The lowest BCUT2D eigenvalue weighted by Crippen LogP contribution is -1.95. The van der Waals surface area contributed by atoms with Crippen molar-refractivity contribution < 1.29 is 4.79 Å². The molecule has 0 aliphatic rings. The standard InChI is InChI=1S/C8H4BrClN2O/c9-5-3-6(7(10)13)8-11-1-2-12(8)4-5/h1-4H. The van der Waals surface area contributed by atoms with Crippen LogP contribution in [0, 0.1) is 0 Å². The summed E-state index contributed by atoms with van der Waals surface area (Å²) in [5, 5.41) is -0.502. The quantitative estimate of drug-likeness (QED) is 0.737. The van der Waals surface area contributed by atoms with Gasteiger partial charge in [0.25, 0.3) is 5.24 Å². The first-order chi connectivity index (χ1) is 6.18. The highest BCUT2D eigenvalue weighted by Gasteiger charge is 2.09. The number of aromatic nitrogens is 2. The minimum absolute atomic E-state index is 0.404. The van der Waals surface area contributed by atoms with Crippen molar-refractivity contribution in [1.29, 1.82) is 0 Å². The Morgan fingerprint density at radius 1 is 1.62 bits per heavy atom. The molecule has 0 aromatic carbocycles. The van der Waals surface area contributed by atoms with E-state index in [2.05, 4.69) is 20.9 Å². The van der Waals surface area contributed by atoms with Gasteiger partial charge < -0.3 is 4.40 Å². The van der Waals surface area contributed by atoms with Crippen LogP contribution < -0.4 is 0 Å². The average molecular weight is 259 g/mol. The van der Waals surface area contributed by atoms with E-state index in [-0.39, 0.29) is 0 Å². The monoisotopic (exact) mass is 258 g/mol. The second-order valence-electron chi connectivity index (χ2n) is 2.50. The molecule has 2 aromatic rings. The Balaban J connectivity index is 2.84. The van der Waals surface area contributed by atoms with Gasteiger partial charge in [-0.3, -0.25) is 4.79 Å². The highest BCUT2D eigenvalue weighted by atomic mass is 79.9. The maximum absolute atomic E-state index is 11.0. The molecule has 3 nitrogen and oxygen atoms in total. The molecule has 0 N–H and O–H groups in total. The van der Waals surface area contributed by atoms with Crippen molar-refractivity contribution in [3.63, 3.8) is 0 Å². The van der Waals surface area contributed by atoms with Crippen molar-refractivity contribution in [2.75, 3.05) is 0 Å². The lowest BCUT2D eigenvalue weighted by Gasteiger charge is -1.99. The summed E-state index contributed by atoms with van der Waals surface area (Å²) in [6, 6.07) is 1.65. The van der Waals surface area contributed by atoms with Gasteiger partial charge in [-0.15, -0.1) is 0 Å². The molecule has 2 heterocycles. The molecule has 66 valence electrons. The fourth-order valence-corrected chi connectivity index (χ4v) is 1.73. The van der Waals surface area contributed by atoms with Crippen molar-refractivity contribution >= 4 is 38.4 Å². The predicted molar refractivity (Wildman–Crippen MR) is 53.1 cm³/mol. The summed E-state index contributed by atoms with van der Waals surface area (Å²) >= 11 is 8.67. The smallest absolute Gasteiger partial charge is 0.256 e. The van der Waals surface area contributed by atoms with Crippen molar-refractivity contribution in [2.45, 2.75) is 0 Å². The van der Waals surface area contributed by atoms with Gasteiger partial charge in [0.2, 0.25) is 0 Å². The molecule has 0 saturated carbocycles. The van der Waals surface area contributed by atoms with Gasteiger partial charge in [0, 0.05) is 23.1 Å². The summed E-state index contributed by atoms with van der Waals surface area (Å²) in [4.78, 5) is 15.0. The van der Waals surface area contributed by atoms with Crippen LogP contribution in [0.1, 0.15) is 10.4 Å². The molecule has 0 atom stereocenters. The van der Waals surface area contributed by atoms with E-state index in [1.807, 2.05) is 6.20 Å². The third-order valence-corrected chi connectivity index (χ3v) is 2.30. The van der Waals surface area contributed by atoms with Gasteiger partial charge >= 0.3 is 0 Å². The number of rotatable bonds is 1. The van der Waals surface area contributed by atoms with E-state index in [4.69, 9.17) is 11.6 Å². The summed E-state index contributed by atoms with van der Waals surface area (Å²) in [5.41, 5.74) is 0.976. The highest BCUT2D eigenvalue weighted by molar-refractivity contribution is 9.10. The molecule has 0 spiro atoms. The molecule has 0 saturated heterocycles. The van der Waals surface area contributed by atoms with Crippen LogP contribution in [0.15, 0.2) is 29.1 Å².